The summed E-state index contributed by atoms with van der Waals surface area (Å²) in [5, 5.41) is 3.25. The summed E-state index contributed by atoms with van der Waals surface area (Å²) in [6.45, 7) is 6.68. The summed E-state index contributed by atoms with van der Waals surface area (Å²) in [6, 6.07) is 6.51. The molecule has 1 heterocycles. The molecular formula is C13H20NO2PS. The molecule has 18 heavy (non-hydrogen) atoms. The number of rotatable bonds is 3. The molecule has 1 N–H and O–H groups in total. The van der Waals surface area contributed by atoms with Gasteiger partial charge in [0.15, 0.2) is 0 Å². The SMILES string of the molecule is Cc1ccc(C(C)C)c(OP2(=S)N[C@@H](C)CO2)c1. The number of hydrogen-bond donors (Lipinski definition) is 1. The van der Waals surface area contributed by atoms with Gasteiger partial charge in [0.05, 0.1) is 6.61 Å². The average Bonchev–Trinajstić information content (AvgIpc) is 2.57. The lowest BCUT2D eigenvalue weighted by Crippen LogP contribution is -2.18. The van der Waals surface area contributed by atoms with Crippen LogP contribution in [0.15, 0.2) is 18.2 Å². The molecule has 1 fully saturated rings. The van der Waals surface area contributed by atoms with Crippen molar-refractivity contribution in [3.8, 4) is 5.75 Å². The molecule has 0 spiro atoms. The summed E-state index contributed by atoms with van der Waals surface area (Å²) in [6.07, 6.45) is 0. The van der Waals surface area contributed by atoms with Gasteiger partial charge in [0, 0.05) is 6.04 Å². The summed E-state index contributed by atoms with van der Waals surface area (Å²) >= 11 is 5.47. The fraction of sp³-hybridized carbons (Fsp3) is 0.538. The molecule has 0 radical (unpaired) electrons. The first kappa shape index (κ1) is 14.0. The largest absolute Gasteiger partial charge is 0.432 e. The lowest BCUT2D eigenvalue weighted by Gasteiger charge is -2.21. The highest BCUT2D eigenvalue weighted by Crippen LogP contribution is 2.50. The fourth-order valence-corrected chi connectivity index (χ4v) is 4.53. The van der Waals surface area contributed by atoms with E-state index < -0.39 is 6.64 Å². The molecular weight excluding hydrogens is 265 g/mol. The van der Waals surface area contributed by atoms with Crippen LogP contribution in [-0.2, 0) is 16.3 Å². The van der Waals surface area contributed by atoms with Gasteiger partial charge in [0.2, 0.25) is 0 Å². The van der Waals surface area contributed by atoms with Crippen LogP contribution in [0.4, 0.5) is 0 Å². The summed E-state index contributed by atoms with van der Waals surface area (Å²) in [5.74, 6) is 1.26. The summed E-state index contributed by atoms with van der Waals surface area (Å²) in [5.41, 5.74) is 2.35. The Morgan fingerprint density at radius 1 is 1.50 bits per heavy atom. The zero-order valence-electron chi connectivity index (χ0n) is 11.3. The monoisotopic (exact) mass is 285 g/mol. The van der Waals surface area contributed by atoms with Gasteiger partial charge < -0.3 is 9.05 Å². The van der Waals surface area contributed by atoms with E-state index in [1.165, 1.54) is 11.1 Å². The van der Waals surface area contributed by atoms with Crippen LogP contribution >= 0.6 is 6.64 Å². The second kappa shape index (κ2) is 5.30. The van der Waals surface area contributed by atoms with Crippen molar-refractivity contribution in [2.75, 3.05) is 6.61 Å². The molecule has 1 aliphatic rings. The molecule has 5 heteroatoms. The highest BCUT2D eigenvalue weighted by molar-refractivity contribution is 8.09. The van der Waals surface area contributed by atoms with Gasteiger partial charge in [-0.05, 0) is 48.8 Å². The molecule has 100 valence electrons. The van der Waals surface area contributed by atoms with Crippen LogP contribution in [0.2, 0.25) is 0 Å². The third kappa shape index (κ3) is 3.12. The Morgan fingerprint density at radius 3 is 2.78 bits per heavy atom. The first-order valence-electron chi connectivity index (χ1n) is 6.22. The normalized spacial score (nSPS) is 27.7. The number of nitrogens with one attached hydrogen (secondary N) is 1. The Balaban J connectivity index is 2.28. The van der Waals surface area contributed by atoms with E-state index in [2.05, 4.69) is 44.9 Å². The van der Waals surface area contributed by atoms with E-state index in [4.69, 9.17) is 20.9 Å². The van der Waals surface area contributed by atoms with Gasteiger partial charge in [-0.3, -0.25) is 0 Å². The van der Waals surface area contributed by atoms with Gasteiger partial charge in [0.1, 0.15) is 5.75 Å². The lowest BCUT2D eigenvalue weighted by molar-refractivity contribution is 0.337. The minimum absolute atomic E-state index is 0.267. The van der Waals surface area contributed by atoms with E-state index in [-0.39, 0.29) is 6.04 Å². The second-order valence-corrected chi connectivity index (χ2v) is 8.25. The Kier molecular flexibility index (Phi) is 4.12. The molecule has 1 aliphatic heterocycles. The van der Waals surface area contributed by atoms with Crippen LogP contribution in [0.1, 0.15) is 37.8 Å². The Morgan fingerprint density at radius 2 is 2.22 bits per heavy atom. The highest BCUT2D eigenvalue weighted by atomic mass is 32.5. The number of hydrogen-bond acceptors (Lipinski definition) is 3. The van der Waals surface area contributed by atoms with Crippen LogP contribution in [0.5, 0.6) is 5.75 Å². The van der Waals surface area contributed by atoms with E-state index in [0.29, 0.717) is 12.5 Å². The van der Waals surface area contributed by atoms with E-state index in [9.17, 15) is 0 Å². The van der Waals surface area contributed by atoms with E-state index in [0.717, 1.165) is 5.75 Å². The third-order valence-electron chi connectivity index (χ3n) is 2.88. The maximum absolute atomic E-state index is 6.00. The van der Waals surface area contributed by atoms with Crippen LogP contribution < -0.4 is 9.61 Å². The van der Waals surface area contributed by atoms with Crippen molar-refractivity contribution in [2.24, 2.45) is 0 Å². The molecule has 2 rings (SSSR count). The van der Waals surface area contributed by atoms with Crippen molar-refractivity contribution in [3.05, 3.63) is 29.3 Å². The second-order valence-electron chi connectivity index (χ2n) is 5.11. The van der Waals surface area contributed by atoms with E-state index >= 15 is 0 Å². The van der Waals surface area contributed by atoms with Gasteiger partial charge in [-0.2, -0.15) is 0 Å². The molecule has 0 saturated carbocycles. The predicted octanol–water partition coefficient (Wildman–Crippen LogP) is 3.73. The Bertz CT molecular complexity index is 490. The topological polar surface area (TPSA) is 30.5 Å². The molecule has 0 aliphatic carbocycles. The van der Waals surface area contributed by atoms with Crippen molar-refractivity contribution in [1.29, 1.82) is 0 Å². The van der Waals surface area contributed by atoms with Crippen molar-refractivity contribution >= 4 is 18.4 Å². The first-order valence-corrected chi connectivity index (χ1v) is 8.86. The van der Waals surface area contributed by atoms with Crippen LogP contribution in [-0.4, -0.2) is 12.6 Å². The zero-order chi connectivity index (χ0) is 13.3. The minimum Gasteiger partial charge on any atom is -0.432 e. The van der Waals surface area contributed by atoms with Crippen molar-refractivity contribution in [2.45, 2.75) is 39.7 Å². The van der Waals surface area contributed by atoms with Gasteiger partial charge in [-0.15, -0.1) is 0 Å². The minimum atomic E-state index is -2.35. The van der Waals surface area contributed by atoms with Crippen LogP contribution in [0, 0.1) is 6.92 Å². The summed E-state index contributed by atoms with van der Waals surface area (Å²) in [7, 11) is 0. The molecule has 3 nitrogen and oxygen atoms in total. The quantitative estimate of drug-likeness (QED) is 0.857. The molecule has 1 saturated heterocycles. The summed E-state index contributed by atoms with van der Waals surface area (Å²) < 4.78 is 11.6. The first-order chi connectivity index (χ1) is 8.39. The molecule has 0 bridgehead atoms. The molecule has 1 aromatic carbocycles. The standard InChI is InChI=1S/C13H20NO2PS/c1-9(2)12-6-5-10(3)7-13(12)16-17(18)14-11(4)8-15-17/h5-7,9,11H,8H2,1-4H3,(H,14,18)/t11-,17?/m0/s1. The van der Waals surface area contributed by atoms with Crippen molar-refractivity contribution < 1.29 is 9.05 Å². The predicted molar refractivity (Wildman–Crippen MR) is 78.7 cm³/mol. The maximum atomic E-state index is 6.00. The lowest BCUT2D eigenvalue weighted by atomic mass is 10.0. The Hall–Kier alpha value is -0.410. The van der Waals surface area contributed by atoms with Gasteiger partial charge >= 0.3 is 6.64 Å². The van der Waals surface area contributed by atoms with E-state index in [1.54, 1.807) is 0 Å². The number of aryl methyl sites for hydroxylation is 1. The van der Waals surface area contributed by atoms with Gasteiger partial charge in [-0.1, -0.05) is 26.0 Å². The summed E-state index contributed by atoms with van der Waals surface area (Å²) in [4.78, 5) is 0. The maximum Gasteiger partial charge on any atom is 0.313 e. The zero-order valence-corrected chi connectivity index (χ0v) is 13.0. The Labute approximate surface area is 114 Å². The molecule has 2 atom stereocenters. The third-order valence-corrected chi connectivity index (χ3v) is 5.42. The molecule has 0 aromatic heterocycles. The average molecular weight is 285 g/mol. The molecule has 1 aromatic rings. The highest BCUT2D eigenvalue weighted by Gasteiger charge is 2.31. The van der Waals surface area contributed by atoms with Crippen molar-refractivity contribution in [3.63, 3.8) is 0 Å². The van der Waals surface area contributed by atoms with Gasteiger partial charge in [0.25, 0.3) is 0 Å². The van der Waals surface area contributed by atoms with E-state index in [1.807, 2.05) is 6.07 Å². The van der Waals surface area contributed by atoms with Crippen LogP contribution in [0.25, 0.3) is 0 Å². The number of benzene rings is 1. The fourth-order valence-electron chi connectivity index (χ4n) is 1.93. The smallest absolute Gasteiger partial charge is 0.313 e. The van der Waals surface area contributed by atoms with Gasteiger partial charge in [-0.25, -0.2) is 5.09 Å². The van der Waals surface area contributed by atoms with Crippen molar-refractivity contribution in [1.82, 2.24) is 5.09 Å². The molecule has 0 amide bonds. The molecule has 1 unspecified atom stereocenters. The van der Waals surface area contributed by atoms with Crippen LogP contribution in [0.3, 0.4) is 0 Å².